The average molecular weight is 241 g/mol. The molecule has 0 unspecified atom stereocenters. The summed E-state index contributed by atoms with van der Waals surface area (Å²) < 4.78 is 0. The van der Waals surface area contributed by atoms with Crippen molar-refractivity contribution in [3.63, 3.8) is 0 Å². The van der Waals surface area contributed by atoms with Gasteiger partial charge in [0.1, 0.15) is 11.7 Å². The number of hydrogen-bond acceptors (Lipinski definition) is 3. The fraction of sp³-hybridized carbons (Fsp3) is 0.455. The Hall–Kier alpha value is -1.29. The lowest BCUT2D eigenvalue weighted by molar-refractivity contribution is 0.693. The van der Waals surface area contributed by atoms with E-state index in [9.17, 15) is 0 Å². The van der Waals surface area contributed by atoms with E-state index in [1.54, 1.807) is 12.3 Å². The van der Waals surface area contributed by atoms with Crippen LogP contribution in [-0.4, -0.2) is 23.4 Å². The van der Waals surface area contributed by atoms with E-state index in [2.05, 4.69) is 23.7 Å². The summed E-state index contributed by atoms with van der Waals surface area (Å²) in [4.78, 5) is 6.32. The topological polar surface area (TPSA) is 66.0 Å². The number of hydrogen-bond donors (Lipinski definition) is 2. The summed E-state index contributed by atoms with van der Waals surface area (Å²) in [5.41, 5.74) is 5.99. The van der Waals surface area contributed by atoms with Crippen molar-refractivity contribution in [3.8, 4) is 0 Å². The maximum atomic E-state index is 7.43. The van der Waals surface area contributed by atoms with Gasteiger partial charge in [-0.15, -0.1) is 0 Å². The Balaban J connectivity index is 3.23. The second kappa shape index (κ2) is 5.16. The lowest BCUT2D eigenvalue weighted by Crippen LogP contribution is -2.31. The summed E-state index contributed by atoms with van der Waals surface area (Å²) in [6, 6.07) is 1.96. The molecule has 0 spiro atoms. The number of nitrogens with two attached hydrogens (primary N) is 1. The Kier molecular flexibility index (Phi) is 4.12. The Labute approximate surface area is 101 Å². The second-order valence-electron chi connectivity index (χ2n) is 3.79. The molecule has 0 aromatic carbocycles. The number of rotatable bonds is 4. The number of pyridine rings is 1. The smallest absolute Gasteiger partial charge is 0.148 e. The first kappa shape index (κ1) is 12.8. The summed E-state index contributed by atoms with van der Waals surface area (Å²) in [6.45, 7) is 6.99. The molecule has 0 atom stereocenters. The van der Waals surface area contributed by atoms with E-state index >= 15 is 0 Å². The highest BCUT2D eigenvalue weighted by Gasteiger charge is 2.16. The minimum absolute atomic E-state index is 0.0338. The van der Waals surface area contributed by atoms with E-state index in [0.717, 1.165) is 6.54 Å². The van der Waals surface area contributed by atoms with E-state index < -0.39 is 0 Å². The first-order chi connectivity index (χ1) is 7.49. The number of anilines is 1. The highest BCUT2D eigenvalue weighted by Crippen LogP contribution is 2.27. The molecule has 1 aromatic heterocycles. The van der Waals surface area contributed by atoms with Crippen LogP contribution in [0.15, 0.2) is 12.3 Å². The molecule has 0 saturated heterocycles. The highest BCUT2D eigenvalue weighted by molar-refractivity contribution is 6.36. The van der Waals surface area contributed by atoms with Crippen LogP contribution in [0.1, 0.15) is 26.3 Å². The van der Waals surface area contributed by atoms with Gasteiger partial charge in [0.2, 0.25) is 0 Å². The van der Waals surface area contributed by atoms with E-state index in [1.165, 1.54) is 0 Å². The molecule has 0 fully saturated rings. The SMILES string of the molecule is CCN(c1nccc(C(=N)N)c1Cl)C(C)C. The predicted molar refractivity (Wildman–Crippen MR) is 68.4 cm³/mol. The maximum absolute atomic E-state index is 7.43. The molecule has 0 radical (unpaired) electrons. The lowest BCUT2D eigenvalue weighted by atomic mass is 10.2. The lowest BCUT2D eigenvalue weighted by Gasteiger charge is -2.27. The zero-order chi connectivity index (χ0) is 12.3. The molecule has 0 amide bonds. The number of halogens is 1. The van der Waals surface area contributed by atoms with E-state index in [1.807, 2.05) is 6.92 Å². The van der Waals surface area contributed by atoms with E-state index in [4.69, 9.17) is 22.7 Å². The van der Waals surface area contributed by atoms with Gasteiger partial charge in [0.05, 0.1) is 5.02 Å². The number of aromatic nitrogens is 1. The van der Waals surface area contributed by atoms with Crippen molar-refractivity contribution < 1.29 is 0 Å². The van der Waals surface area contributed by atoms with Crippen molar-refractivity contribution in [1.29, 1.82) is 5.41 Å². The fourth-order valence-corrected chi connectivity index (χ4v) is 1.92. The van der Waals surface area contributed by atoms with Crippen molar-refractivity contribution in [2.24, 2.45) is 5.73 Å². The van der Waals surface area contributed by atoms with Crippen LogP contribution in [0.25, 0.3) is 0 Å². The Morgan fingerprint density at radius 1 is 1.62 bits per heavy atom. The van der Waals surface area contributed by atoms with E-state index in [-0.39, 0.29) is 5.84 Å². The molecule has 0 aliphatic rings. The average Bonchev–Trinajstić information content (AvgIpc) is 2.20. The third kappa shape index (κ3) is 2.44. The molecule has 5 heteroatoms. The van der Waals surface area contributed by atoms with Crippen LogP contribution in [-0.2, 0) is 0 Å². The third-order valence-corrected chi connectivity index (χ3v) is 2.77. The summed E-state index contributed by atoms with van der Waals surface area (Å²) in [7, 11) is 0. The first-order valence-electron chi connectivity index (χ1n) is 5.24. The molecule has 0 saturated carbocycles. The van der Waals surface area contributed by atoms with Gasteiger partial charge in [-0.3, -0.25) is 5.41 Å². The van der Waals surface area contributed by atoms with Gasteiger partial charge in [-0.2, -0.15) is 0 Å². The normalized spacial score (nSPS) is 10.6. The van der Waals surface area contributed by atoms with Gasteiger partial charge >= 0.3 is 0 Å². The first-order valence-corrected chi connectivity index (χ1v) is 5.62. The van der Waals surface area contributed by atoms with Crippen LogP contribution in [0.5, 0.6) is 0 Å². The van der Waals surface area contributed by atoms with Gasteiger partial charge in [0.15, 0.2) is 0 Å². The zero-order valence-electron chi connectivity index (χ0n) is 9.79. The predicted octanol–water partition coefficient (Wildman–Crippen LogP) is 2.25. The molecular weight excluding hydrogens is 224 g/mol. The van der Waals surface area contributed by atoms with Crippen molar-refractivity contribution in [3.05, 3.63) is 22.8 Å². The van der Waals surface area contributed by atoms with Crippen LogP contribution in [0.2, 0.25) is 5.02 Å². The Morgan fingerprint density at radius 3 is 2.69 bits per heavy atom. The van der Waals surface area contributed by atoms with Crippen LogP contribution in [0, 0.1) is 5.41 Å². The van der Waals surface area contributed by atoms with Gasteiger partial charge in [-0.05, 0) is 26.8 Å². The van der Waals surface area contributed by atoms with Gasteiger partial charge in [0.25, 0.3) is 0 Å². The van der Waals surface area contributed by atoms with Crippen molar-refractivity contribution in [2.75, 3.05) is 11.4 Å². The molecule has 0 aliphatic carbocycles. The second-order valence-corrected chi connectivity index (χ2v) is 4.17. The van der Waals surface area contributed by atoms with Crippen LogP contribution in [0.4, 0.5) is 5.82 Å². The number of nitrogen functional groups attached to an aromatic ring is 1. The molecule has 16 heavy (non-hydrogen) atoms. The van der Waals surface area contributed by atoms with Gasteiger partial charge in [-0.25, -0.2) is 4.98 Å². The molecule has 88 valence electrons. The molecule has 1 rings (SSSR count). The van der Waals surface area contributed by atoms with Crippen molar-refractivity contribution in [2.45, 2.75) is 26.8 Å². The summed E-state index contributed by atoms with van der Waals surface area (Å²) in [6.07, 6.45) is 1.63. The maximum Gasteiger partial charge on any atom is 0.148 e. The molecule has 0 bridgehead atoms. The zero-order valence-corrected chi connectivity index (χ0v) is 10.5. The van der Waals surface area contributed by atoms with Gasteiger partial charge in [0, 0.05) is 24.3 Å². The molecule has 1 heterocycles. The summed E-state index contributed by atoms with van der Waals surface area (Å²) in [5.74, 6) is 0.653. The largest absolute Gasteiger partial charge is 0.384 e. The Bertz CT molecular complexity index is 390. The van der Waals surface area contributed by atoms with Crippen molar-refractivity contribution >= 4 is 23.3 Å². The van der Waals surface area contributed by atoms with Gasteiger partial charge < -0.3 is 10.6 Å². The van der Waals surface area contributed by atoms with Crippen LogP contribution < -0.4 is 10.6 Å². The van der Waals surface area contributed by atoms with Crippen LogP contribution in [0.3, 0.4) is 0 Å². The molecule has 1 aromatic rings. The molecule has 4 nitrogen and oxygen atoms in total. The summed E-state index contributed by atoms with van der Waals surface area (Å²) >= 11 is 6.20. The number of nitrogens with zero attached hydrogens (tertiary/aromatic N) is 2. The third-order valence-electron chi connectivity index (χ3n) is 2.40. The number of nitrogens with one attached hydrogen (secondary N) is 1. The van der Waals surface area contributed by atoms with E-state index in [0.29, 0.717) is 22.4 Å². The molecule has 3 N–H and O–H groups in total. The van der Waals surface area contributed by atoms with Gasteiger partial charge in [-0.1, -0.05) is 11.6 Å². The van der Waals surface area contributed by atoms with Crippen LogP contribution >= 0.6 is 11.6 Å². The monoisotopic (exact) mass is 240 g/mol. The fourth-order valence-electron chi connectivity index (χ4n) is 1.60. The summed E-state index contributed by atoms with van der Waals surface area (Å²) in [5, 5.41) is 7.87. The number of amidine groups is 1. The molecule has 0 aliphatic heterocycles. The Morgan fingerprint density at radius 2 is 2.25 bits per heavy atom. The quantitative estimate of drug-likeness (QED) is 0.627. The minimum atomic E-state index is -0.0338. The standard InChI is InChI=1S/C11H17ClN4/c1-4-16(7(2)3)11-9(12)8(10(13)14)5-6-15-11/h5-7H,4H2,1-3H3,(H3,13,14). The highest BCUT2D eigenvalue weighted by atomic mass is 35.5. The molecular formula is C11H17ClN4. The minimum Gasteiger partial charge on any atom is -0.384 e. The van der Waals surface area contributed by atoms with Crippen molar-refractivity contribution in [1.82, 2.24) is 4.98 Å².